The van der Waals surface area contributed by atoms with Crippen LogP contribution < -0.4 is 4.74 Å². The first-order valence-electron chi connectivity index (χ1n) is 10.5. The zero-order chi connectivity index (χ0) is 19.3. The molecular weight excluding hydrogens is 350 g/mol. The topological polar surface area (TPSA) is 41.9 Å². The van der Waals surface area contributed by atoms with Gasteiger partial charge in [-0.05, 0) is 60.9 Å². The van der Waals surface area contributed by atoms with Crippen molar-refractivity contribution in [2.75, 3.05) is 20.3 Å². The molecule has 2 aromatic rings. The molecule has 0 radical (unpaired) electrons. The first-order valence-corrected chi connectivity index (χ1v) is 10.5. The summed E-state index contributed by atoms with van der Waals surface area (Å²) in [5.74, 6) is 0.878. The number of fused-ring (bicyclic) bond motifs is 1. The van der Waals surface area contributed by atoms with E-state index < -0.39 is 6.10 Å². The summed E-state index contributed by atoms with van der Waals surface area (Å²) in [6.45, 7) is 1.91. The first-order chi connectivity index (χ1) is 13.7. The maximum atomic E-state index is 10.6. The standard InChI is InChI=1S/C24H31NO3/c1-27-22-13-9-18(10-14-22)15-25(20-11-12-20)16-21(26)17-28-24-8-4-6-19-5-2-3-7-23(19)24/h2-3,5,7,9-10,13-14,20-21,24,26H,4,6,8,11-12,15-17H2,1H3/t21-,24-/m0/s1. The fourth-order valence-electron chi connectivity index (χ4n) is 4.18. The van der Waals surface area contributed by atoms with Crippen LogP contribution in [0.2, 0.25) is 0 Å². The minimum Gasteiger partial charge on any atom is -0.497 e. The monoisotopic (exact) mass is 381 g/mol. The van der Waals surface area contributed by atoms with E-state index in [0.717, 1.165) is 31.6 Å². The maximum Gasteiger partial charge on any atom is 0.118 e. The summed E-state index contributed by atoms with van der Waals surface area (Å²) in [4.78, 5) is 2.39. The van der Waals surface area contributed by atoms with Crippen LogP contribution in [-0.2, 0) is 17.7 Å². The minimum absolute atomic E-state index is 0.121. The van der Waals surface area contributed by atoms with E-state index in [1.165, 1.54) is 29.5 Å². The molecular formula is C24H31NO3. The molecule has 4 rings (SSSR count). The lowest BCUT2D eigenvalue weighted by molar-refractivity contribution is -0.0298. The lowest BCUT2D eigenvalue weighted by Crippen LogP contribution is -2.36. The number of nitrogens with zero attached hydrogens (tertiary/aromatic N) is 1. The highest BCUT2D eigenvalue weighted by atomic mass is 16.5. The minimum atomic E-state index is -0.465. The number of aryl methyl sites for hydroxylation is 1. The maximum absolute atomic E-state index is 10.6. The van der Waals surface area contributed by atoms with Crippen LogP contribution in [0, 0.1) is 0 Å². The van der Waals surface area contributed by atoms with E-state index in [-0.39, 0.29) is 6.10 Å². The normalized spacial score (nSPS) is 20.0. The highest BCUT2D eigenvalue weighted by Gasteiger charge is 2.30. The van der Waals surface area contributed by atoms with Crippen LogP contribution in [0.15, 0.2) is 48.5 Å². The Balaban J connectivity index is 1.31. The Bertz CT molecular complexity index is 757. The third-order valence-electron chi connectivity index (χ3n) is 5.86. The van der Waals surface area contributed by atoms with Crippen LogP contribution in [0.25, 0.3) is 0 Å². The van der Waals surface area contributed by atoms with Crippen molar-refractivity contribution in [3.05, 3.63) is 65.2 Å². The van der Waals surface area contributed by atoms with Crippen molar-refractivity contribution in [1.29, 1.82) is 0 Å². The van der Waals surface area contributed by atoms with E-state index >= 15 is 0 Å². The van der Waals surface area contributed by atoms with Crippen molar-refractivity contribution in [2.45, 2.75) is 56.9 Å². The molecule has 1 saturated carbocycles. The average Bonchev–Trinajstić information content (AvgIpc) is 3.58. The number of hydrogen-bond donors (Lipinski definition) is 1. The Morgan fingerprint density at radius 1 is 1.07 bits per heavy atom. The Hall–Kier alpha value is -1.88. The van der Waals surface area contributed by atoms with E-state index in [1.807, 2.05) is 12.1 Å². The van der Waals surface area contributed by atoms with E-state index in [2.05, 4.69) is 41.3 Å². The van der Waals surface area contributed by atoms with Gasteiger partial charge < -0.3 is 14.6 Å². The number of rotatable bonds is 9. The Labute approximate surface area is 168 Å². The van der Waals surface area contributed by atoms with Crippen molar-refractivity contribution >= 4 is 0 Å². The summed E-state index contributed by atoms with van der Waals surface area (Å²) in [6, 6.07) is 17.4. The quantitative estimate of drug-likeness (QED) is 0.710. The number of hydrogen-bond acceptors (Lipinski definition) is 4. The van der Waals surface area contributed by atoms with Gasteiger partial charge in [0.25, 0.3) is 0 Å². The molecule has 0 saturated heterocycles. The highest BCUT2D eigenvalue weighted by molar-refractivity contribution is 5.31. The third kappa shape index (κ3) is 4.93. The molecule has 150 valence electrons. The number of methoxy groups -OCH3 is 1. The van der Waals surface area contributed by atoms with Gasteiger partial charge in [-0.15, -0.1) is 0 Å². The molecule has 1 fully saturated rings. The molecule has 2 aliphatic carbocycles. The van der Waals surface area contributed by atoms with E-state index in [4.69, 9.17) is 9.47 Å². The zero-order valence-corrected chi connectivity index (χ0v) is 16.7. The van der Waals surface area contributed by atoms with Crippen LogP contribution in [-0.4, -0.2) is 42.4 Å². The largest absolute Gasteiger partial charge is 0.497 e. The van der Waals surface area contributed by atoms with Crippen LogP contribution in [0.1, 0.15) is 48.5 Å². The second kappa shape index (κ2) is 9.08. The number of aliphatic hydroxyl groups is 1. The van der Waals surface area contributed by atoms with Gasteiger partial charge in [0.05, 0.1) is 25.9 Å². The fraction of sp³-hybridized carbons (Fsp3) is 0.500. The Morgan fingerprint density at radius 2 is 1.86 bits per heavy atom. The summed E-state index contributed by atoms with van der Waals surface area (Å²) in [7, 11) is 1.69. The molecule has 1 N–H and O–H groups in total. The predicted octanol–water partition coefficient (Wildman–Crippen LogP) is 4.11. The van der Waals surface area contributed by atoms with Gasteiger partial charge in [0.2, 0.25) is 0 Å². The van der Waals surface area contributed by atoms with Crippen molar-refractivity contribution in [3.8, 4) is 5.75 Å². The lowest BCUT2D eigenvalue weighted by atomic mass is 9.89. The van der Waals surface area contributed by atoms with Crippen LogP contribution in [0.4, 0.5) is 0 Å². The molecule has 0 aromatic heterocycles. The van der Waals surface area contributed by atoms with Crippen LogP contribution in [0.5, 0.6) is 5.75 Å². The molecule has 28 heavy (non-hydrogen) atoms. The summed E-state index contributed by atoms with van der Waals surface area (Å²) < 4.78 is 11.4. The molecule has 4 nitrogen and oxygen atoms in total. The van der Waals surface area contributed by atoms with Crippen LogP contribution in [0.3, 0.4) is 0 Å². The zero-order valence-electron chi connectivity index (χ0n) is 16.7. The van der Waals surface area contributed by atoms with Gasteiger partial charge in [0, 0.05) is 19.1 Å². The summed E-state index contributed by atoms with van der Waals surface area (Å²) in [5.41, 5.74) is 3.95. The highest BCUT2D eigenvalue weighted by Crippen LogP contribution is 2.33. The molecule has 0 unspecified atom stereocenters. The van der Waals surface area contributed by atoms with Gasteiger partial charge in [0.1, 0.15) is 5.75 Å². The predicted molar refractivity (Wildman–Crippen MR) is 111 cm³/mol. The summed E-state index contributed by atoms with van der Waals surface area (Å²) in [5, 5.41) is 10.6. The van der Waals surface area contributed by atoms with Crippen molar-refractivity contribution in [1.82, 2.24) is 4.90 Å². The molecule has 2 aliphatic rings. The van der Waals surface area contributed by atoms with E-state index in [0.29, 0.717) is 19.2 Å². The number of ether oxygens (including phenoxy) is 2. The lowest BCUT2D eigenvalue weighted by Gasteiger charge is -2.29. The van der Waals surface area contributed by atoms with Gasteiger partial charge in [-0.3, -0.25) is 4.90 Å². The first kappa shape index (κ1) is 19.4. The smallest absolute Gasteiger partial charge is 0.118 e. The van der Waals surface area contributed by atoms with Crippen molar-refractivity contribution < 1.29 is 14.6 Å². The van der Waals surface area contributed by atoms with Gasteiger partial charge in [-0.1, -0.05) is 36.4 Å². The van der Waals surface area contributed by atoms with Gasteiger partial charge in [-0.25, -0.2) is 0 Å². The molecule has 0 spiro atoms. The second-order valence-corrected chi connectivity index (χ2v) is 8.08. The Morgan fingerprint density at radius 3 is 2.61 bits per heavy atom. The van der Waals surface area contributed by atoms with E-state index in [9.17, 15) is 5.11 Å². The molecule has 2 atom stereocenters. The van der Waals surface area contributed by atoms with Gasteiger partial charge in [-0.2, -0.15) is 0 Å². The SMILES string of the molecule is COc1ccc(CN(C[C@H](O)CO[C@H]2CCCc3ccccc32)C2CC2)cc1. The number of aliphatic hydroxyl groups excluding tert-OH is 1. The molecule has 0 heterocycles. The molecule has 0 amide bonds. The Kier molecular flexibility index (Phi) is 6.30. The molecule has 0 bridgehead atoms. The summed E-state index contributed by atoms with van der Waals surface area (Å²) >= 11 is 0. The molecule has 4 heteroatoms. The molecule has 0 aliphatic heterocycles. The van der Waals surface area contributed by atoms with E-state index in [1.54, 1.807) is 7.11 Å². The van der Waals surface area contributed by atoms with Crippen molar-refractivity contribution in [3.63, 3.8) is 0 Å². The van der Waals surface area contributed by atoms with Crippen molar-refractivity contribution in [2.24, 2.45) is 0 Å². The summed E-state index contributed by atoms with van der Waals surface area (Å²) in [6.07, 6.45) is 5.43. The van der Waals surface area contributed by atoms with Crippen LogP contribution >= 0.6 is 0 Å². The van der Waals surface area contributed by atoms with Gasteiger partial charge >= 0.3 is 0 Å². The average molecular weight is 382 g/mol. The van der Waals surface area contributed by atoms with Gasteiger partial charge in [0.15, 0.2) is 0 Å². The number of benzene rings is 2. The fourth-order valence-corrected chi connectivity index (χ4v) is 4.18. The molecule has 2 aromatic carbocycles. The second-order valence-electron chi connectivity index (χ2n) is 8.08. The third-order valence-corrected chi connectivity index (χ3v) is 5.86.